The lowest BCUT2D eigenvalue weighted by molar-refractivity contribution is 0.169. The molecule has 0 radical (unpaired) electrons. The van der Waals surface area contributed by atoms with Crippen LogP contribution in [0.4, 0.5) is 0 Å². The second kappa shape index (κ2) is 5.92. The van der Waals surface area contributed by atoms with E-state index in [9.17, 15) is 0 Å². The number of nitrogens with zero attached hydrogens (tertiary/aromatic N) is 1. The molecule has 2 heterocycles. The van der Waals surface area contributed by atoms with Gasteiger partial charge in [0.15, 0.2) is 11.5 Å². The van der Waals surface area contributed by atoms with Crippen LogP contribution in [-0.4, -0.2) is 18.2 Å². The van der Waals surface area contributed by atoms with E-state index in [4.69, 9.17) is 9.47 Å². The van der Waals surface area contributed by atoms with Crippen LogP contribution in [0.5, 0.6) is 11.5 Å². The fourth-order valence-corrected chi connectivity index (χ4v) is 2.29. The number of benzene rings is 1. The molecule has 0 aliphatic carbocycles. The van der Waals surface area contributed by atoms with Crippen molar-refractivity contribution in [2.24, 2.45) is 0 Å². The molecule has 0 bridgehead atoms. The molecule has 1 atom stereocenters. The fourth-order valence-electron chi connectivity index (χ4n) is 2.29. The van der Waals surface area contributed by atoms with Crippen molar-refractivity contribution in [2.75, 3.05) is 13.2 Å². The van der Waals surface area contributed by atoms with Crippen molar-refractivity contribution >= 4 is 0 Å². The third kappa shape index (κ3) is 2.75. The molecule has 0 fully saturated rings. The van der Waals surface area contributed by atoms with E-state index in [1.807, 2.05) is 24.4 Å². The zero-order valence-electron chi connectivity index (χ0n) is 11.5. The molecule has 4 heteroatoms. The average molecular weight is 270 g/mol. The summed E-state index contributed by atoms with van der Waals surface area (Å²) in [6.45, 7) is 4.10. The van der Waals surface area contributed by atoms with Crippen molar-refractivity contribution in [3.63, 3.8) is 0 Å². The van der Waals surface area contributed by atoms with Crippen molar-refractivity contribution in [3.05, 3.63) is 53.9 Å². The summed E-state index contributed by atoms with van der Waals surface area (Å²) in [4.78, 5) is 4.15. The van der Waals surface area contributed by atoms with Gasteiger partial charge in [0.1, 0.15) is 13.2 Å². The first-order chi connectivity index (χ1) is 9.84. The van der Waals surface area contributed by atoms with Crippen LogP contribution in [0.3, 0.4) is 0 Å². The van der Waals surface area contributed by atoms with Gasteiger partial charge in [0, 0.05) is 30.5 Å². The van der Waals surface area contributed by atoms with Crippen LogP contribution < -0.4 is 14.8 Å². The van der Waals surface area contributed by atoms with E-state index in [-0.39, 0.29) is 6.04 Å². The maximum atomic E-state index is 5.72. The number of para-hydroxylation sites is 1. The van der Waals surface area contributed by atoms with Gasteiger partial charge in [-0.05, 0) is 24.6 Å². The van der Waals surface area contributed by atoms with Crippen molar-refractivity contribution in [1.82, 2.24) is 10.3 Å². The minimum Gasteiger partial charge on any atom is -0.486 e. The zero-order chi connectivity index (χ0) is 13.8. The van der Waals surface area contributed by atoms with E-state index < -0.39 is 0 Å². The Morgan fingerprint density at radius 3 is 2.95 bits per heavy atom. The summed E-state index contributed by atoms with van der Waals surface area (Å²) in [5, 5.41) is 3.49. The van der Waals surface area contributed by atoms with Gasteiger partial charge in [-0.3, -0.25) is 4.98 Å². The summed E-state index contributed by atoms with van der Waals surface area (Å²) >= 11 is 0. The lowest BCUT2D eigenvalue weighted by Crippen LogP contribution is -2.21. The Balaban J connectivity index is 1.70. The number of fused-ring (bicyclic) bond motifs is 1. The molecule has 2 aromatic rings. The van der Waals surface area contributed by atoms with Crippen molar-refractivity contribution in [3.8, 4) is 11.5 Å². The molecule has 3 rings (SSSR count). The van der Waals surface area contributed by atoms with Gasteiger partial charge < -0.3 is 14.8 Å². The fraction of sp³-hybridized carbons (Fsp3) is 0.312. The Kier molecular flexibility index (Phi) is 3.83. The van der Waals surface area contributed by atoms with E-state index in [1.165, 1.54) is 5.56 Å². The predicted octanol–water partition coefficient (Wildman–Crippen LogP) is 2.70. The monoisotopic (exact) mass is 270 g/mol. The highest BCUT2D eigenvalue weighted by molar-refractivity contribution is 5.47. The number of rotatable bonds is 4. The largest absolute Gasteiger partial charge is 0.486 e. The Morgan fingerprint density at radius 1 is 1.20 bits per heavy atom. The number of aromatic nitrogens is 1. The molecule has 0 unspecified atom stereocenters. The van der Waals surface area contributed by atoms with E-state index in [0.29, 0.717) is 13.2 Å². The number of hydrogen-bond donors (Lipinski definition) is 1. The van der Waals surface area contributed by atoms with E-state index >= 15 is 0 Å². The summed E-state index contributed by atoms with van der Waals surface area (Å²) in [6.07, 6.45) is 3.67. The van der Waals surface area contributed by atoms with Crippen LogP contribution in [0.2, 0.25) is 0 Å². The van der Waals surface area contributed by atoms with E-state index in [2.05, 4.69) is 29.4 Å². The van der Waals surface area contributed by atoms with Crippen LogP contribution in [0.25, 0.3) is 0 Å². The normalized spacial score (nSPS) is 14.8. The van der Waals surface area contributed by atoms with Crippen molar-refractivity contribution in [2.45, 2.75) is 19.5 Å². The van der Waals surface area contributed by atoms with Crippen LogP contribution >= 0.6 is 0 Å². The van der Waals surface area contributed by atoms with Gasteiger partial charge in [-0.25, -0.2) is 0 Å². The van der Waals surface area contributed by atoms with Crippen molar-refractivity contribution < 1.29 is 9.47 Å². The maximum absolute atomic E-state index is 5.72. The SMILES string of the molecule is C[C@H](NCc1cccc2c1OCCO2)c1cccnc1. The second-order valence-electron chi connectivity index (χ2n) is 4.83. The molecule has 0 spiro atoms. The van der Waals surface area contributed by atoms with Gasteiger partial charge >= 0.3 is 0 Å². The highest BCUT2D eigenvalue weighted by Crippen LogP contribution is 2.33. The molecule has 4 nitrogen and oxygen atoms in total. The maximum Gasteiger partial charge on any atom is 0.165 e. The predicted molar refractivity (Wildman–Crippen MR) is 76.9 cm³/mol. The molecule has 0 saturated heterocycles. The molecule has 1 aliphatic heterocycles. The minimum atomic E-state index is 0.240. The standard InChI is InChI=1S/C16H18N2O2/c1-12(13-5-3-7-17-10-13)18-11-14-4-2-6-15-16(14)20-9-8-19-15/h2-7,10,12,18H,8-9,11H2,1H3/t12-/m0/s1. The number of hydrogen-bond acceptors (Lipinski definition) is 4. The smallest absolute Gasteiger partial charge is 0.165 e. The Bertz CT molecular complexity index is 572. The first-order valence-electron chi connectivity index (χ1n) is 6.85. The summed E-state index contributed by atoms with van der Waals surface area (Å²) in [6, 6.07) is 10.3. The molecule has 0 saturated carbocycles. The van der Waals surface area contributed by atoms with Crippen LogP contribution in [0.15, 0.2) is 42.7 Å². The van der Waals surface area contributed by atoms with E-state index in [0.717, 1.165) is 23.6 Å². The first-order valence-corrected chi connectivity index (χ1v) is 6.85. The summed E-state index contributed by atoms with van der Waals surface area (Å²) < 4.78 is 11.3. The summed E-state index contributed by atoms with van der Waals surface area (Å²) in [7, 11) is 0. The topological polar surface area (TPSA) is 43.4 Å². The van der Waals surface area contributed by atoms with Crippen molar-refractivity contribution in [1.29, 1.82) is 0 Å². The molecule has 1 aliphatic rings. The average Bonchev–Trinajstić information content (AvgIpc) is 2.53. The van der Waals surface area contributed by atoms with Gasteiger partial charge in [0.05, 0.1) is 0 Å². The highest BCUT2D eigenvalue weighted by Gasteiger charge is 2.15. The summed E-state index contributed by atoms with van der Waals surface area (Å²) in [5.41, 5.74) is 2.30. The molecular weight excluding hydrogens is 252 g/mol. The van der Waals surface area contributed by atoms with Gasteiger partial charge in [-0.15, -0.1) is 0 Å². The van der Waals surface area contributed by atoms with Gasteiger partial charge in [-0.1, -0.05) is 18.2 Å². The minimum absolute atomic E-state index is 0.240. The third-order valence-corrected chi connectivity index (χ3v) is 3.43. The molecule has 20 heavy (non-hydrogen) atoms. The lowest BCUT2D eigenvalue weighted by atomic mass is 10.1. The number of ether oxygens (including phenoxy) is 2. The lowest BCUT2D eigenvalue weighted by Gasteiger charge is -2.22. The second-order valence-corrected chi connectivity index (χ2v) is 4.83. The molecule has 104 valence electrons. The first kappa shape index (κ1) is 12.9. The molecule has 1 N–H and O–H groups in total. The molecular formula is C16H18N2O2. The zero-order valence-corrected chi connectivity index (χ0v) is 11.5. The molecule has 1 aromatic heterocycles. The quantitative estimate of drug-likeness (QED) is 0.927. The van der Waals surface area contributed by atoms with Crippen LogP contribution in [0.1, 0.15) is 24.1 Å². The van der Waals surface area contributed by atoms with Gasteiger partial charge in [0.25, 0.3) is 0 Å². The van der Waals surface area contributed by atoms with Crippen LogP contribution in [0, 0.1) is 0 Å². The third-order valence-electron chi connectivity index (χ3n) is 3.43. The number of nitrogens with one attached hydrogen (secondary N) is 1. The Hall–Kier alpha value is -2.07. The van der Waals surface area contributed by atoms with Gasteiger partial charge in [-0.2, -0.15) is 0 Å². The van der Waals surface area contributed by atoms with Crippen LogP contribution in [-0.2, 0) is 6.54 Å². The molecule has 0 amide bonds. The summed E-state index contributed by atoms with van der Waals surface area (Å²) in [5.74, 6) is 1.70. The number of pyridine rings is 1. The van der Waals surface area contributed by atoms with Gasteiger partial charge in [0.2, 0.25) is 0 Å². The molecule has 1 aromatic carbocycles. The van der Waals surface area contributed by atoms with E-state index in [1.54, 1.807) is 6.20 Å². The Labute approximate surface area is 118 Å². The Morgan fingerprint density at radius 2 is 2.10 bits per heavy atom. The highest BCUT2D eigenvalue weighted by atomic mass is 16.6.